The van der Waals surface area contributed by atoms with Gasteiger partial charge in [0.2, 0.25) is 0 Å². The molecule has 1 aromatic carbocycles. The van der Waals surface area contributed by atoms with E-state index < -0.39 is 11.9 Å². The van der Waals surface area contributed by atoms with Crippen LogP contribution in [0.5, 0.6) is 0 Å². The lowest BCUT2D eigenvalue weighted by molar-refractivity contribution is -0.141. The number of aryl methyl sites for hydroxylation is 1. The zero-order valence-corrected chi connectivity index (χ0v) is 12.8. The van der Waals surface area contributed by atoms with E-state index in [1.807, 2.05) is 19.1 Å². The summed E-state index contributed by atoms with van der Waals surface area (Å²) in [6.07, 6.45) is 0.681. The first-order valence-electron chi connectivity index (χ1n) is 7.03. The van der Waals surface area contributed by atoms with Gasteiger partial charge in [-0.15, -0.1) is 0 Å². The molecule has 1 aromatic rings. The van der Waals surface area contributed by atoms with Crippen LogP contribution in [0, 0.1) is 12.8 Å². The Labute approximate surface area is 125 Å². The lowest BCUT2D eigenvalue weighted by Gasteiger charge is -2.24. The smallest absolute Gasteiger partial charge is 0.308 e. The number of rotatable bonds is 8. The van der Waals surface area contributed by atoms with Crippen molar-refractivity contribution in [2.45, 2.75) is 20.3 Å². The highest BCUT2D eigenvalue weighted by molar-refractivity contribution is 5.94. The molecule has 0 heterocycles. The normalized spacial score (nSPS) is 12.0. The molecule has 116 valence electrons. The number of nitrogens with zero attached hydrogens (tertiary/aromatic N) is 1. The predicted octanol–water partition coefficient (Wildman–Crippen LogP) is 2.19. The van der Waals surface area contributed by atoms with Crippen LogP contribution in [0.2, 0.25) is 0 Å². The largest absolute Gasteiger partial charge is 0.481 e. The Morgan fingerprint density at radius 1 is 1.29 bits per heavy atom. The number of amides is 1. The number of carboxylic acid groups (broad SMARTS) is 1. The fourth-order valence-electron chi connectivity index (χ4n) is 1.96. The molecule has 1 amide bonds. The van der Waals surface area contributed by atoms with Gasteiger partial charge in [0, 0.05) is 32.4 Å². The molecule has 0 aliphatic carbocycles. The second-order valence-electron chi connectivity index (χ2n) is 5.20. The lowest BCUT2D eigenvalue weighted by Crippen LogP contribution is -2.38. The van der Waals surface area contributed by atoms with Gasteiger partial charge >= 0.3 is 5.97 Å². The van der Waals surface area contributed by atoms with Gasteiger partial charge in [-0.05, 0) is 25.5 Å². The summed E-state index contributed by atoms with van der Waals surface area (Å²) in [7, 11) is 1.60. The lowest BCUT2D eigenvalue weighted by atomic mass is 10.1. The zero-order valence-electron chi connectivity index (χ0n) is 12.8. The van der Waals surface area contributed by atoms with E-state index in [1.165, 1.54) is 0 Å². The fraction of sp³-hybridized carbons (Fsp3) is 0.500. The Balaban J connectivity index is 2.80. The SMILES string of the molecule is COCCCN(CC(C)C(=O)O)C(=O)c1ccc(C)cc1. The van der Waals surface area contributed by atoms with Gasteiger partial charge in [0.25, 0.3) is 5.91 Å². The summed E-state index contributed by atoms with van der Waals surface area (Å²) in [5.74, 6) is -1.63. The molecule has 0 aliphatic rings. The first-order valence-corrected chi connectivity index (χ1v) is 7.03. The molecule has 0 aromatic heterocycles. The number of aliphatic carboxylic acids is 1. The fourth-order valence-corrected chi connectivity index (χ4v) is 1.96. The van der Waals surface area contributed by atoms with Crippen LogP contribution in [0.3, 0.4) is 0 Å². The summed E-state index contributed by atoms with van der Waals surface area (Å²) in [4.78, 5) is 25.1. The van der Waals surface area contributed by atoms with Crippen molar-refractivity contribution >= 4 is 11.9 Å². The summed E-state index contributed by atoms with van der Waals surface area (Å²) >= 11 is 0. The third kappa shape index (κ3) is 5.55. The van der Waals surface area contributed by atoms with Gasteiger partial charge < -0.3 is 14.7 Å². The molecule has 5 heteroatoms. The molecule has 1 atom stereocenters. The van der Waals surface area contributed by atoms with Crippen LogP contribution in [0.1, 0.15) is 29.3 Å². The molecule has 21 heavy (non-hydrogen) atoms. The summed E-state index contributed by atoms with van der Waals surface area (Å²) in [5, 5.41) is 9.03. The first kappa shape index (κ1) is 17.2. The minimum Gasteiger partial charge on any atom is -0.481 e. The van der Waals surface area contributed by atoms with E-state index in [4.69, 9.17) is 9.84 Å². The van der Waals surface area contributed by atoms with Gasteiger partial charge in [-0.2, -0.15) is 0 Å². The van der Waals surface area contributed by atoms with Crippen LogP contribution in [-0.4, -0.2) is 48.7 Å². The van der Waals surface area contributed by atoms with Crippen molar-refractivity contribution in [2.75, 3.05) is 26.8 Å². The Hall–Kier alpha value is -1.88. The van der Waals surface area contributed by atoms with Crippen molar-refractivity contribution in [3.63, 3.8) is 0 Å². The average Bonchev–Trinajstić information content (AvgIpc) is 2.46. The number of carbonyl (C=O) groups excluding carboxylic acids is 1. The second kappa shape index (κ2) is 8.42. The molecule has 5 nitrogen and oxygen atoms in total. The van der Waals surface area contributed by atoms with Gasteiger partial charge in [-0.3, -0.25) is 9.59 Å². The number of carboxylic acids is 1. The molecule has 0 bridgehead atoms. The molecule has 0 aliphatic heterocycles. The maximum atomic E-state index is 12.5. The van der Waals surface area contributed by atoms with E-state index in [1.54, 1.807) is 31.1 Å². The van der Waals surface area contributed by atoms with Crippen molar-refractivity contribution in [3.8, 4) is 0 Å². The van der Waals surface area contributed by atoms with Gasteiger partial charge in [-0.25, -0.2) is 0 Å². The van der Waals surface area contributed by atoms with Crippen molar-refractivity contribution in [1.82, 2.24) is 4.90 Å². The highest BCUT2D eigenvalue weighted by Crippen LogP contribution is 2.10. The summed E-state index contributed by atoms with van der Waals surface area (Å²) < 4.78 is 4.99. The third-order valence-corrected chi connectivity index (χ3v) is 3.28. The summed E-state index contributed by atoms with van der Waals surface area (Å²) in [5.41, 5.74) is 1.66. The monoisotopic (exact) mass is 293 g/mol. The topological polar surface area (TPSA) is 66.8 Å². The van der Waals surface area contributed by atoms with Gasteiger partial charge in [-0.1, -0.05) is 24.6 Å². The number of hydrogen-bond donors (Lipinski definition) is 1. The van der Waals surface area contributed by atoms with E-state index in [0.29, 0.717) is 25.1 Å². The molecule has 0 saturated heterocycles. The molecule has 1 unspecified atom stereocenters. The highest BCUT2D eigenvalue weighted by atomic mass is 16.5. The van der Waals surface area contributed by atoms with E-state index in [0.717, 1.165) is 5.56 Å². The van der Waals surface area contributed by atoms with Crippen LogP contribution < -0.4 is 0 Å². The number of methoxy groups -OCH3 is 1. The number of benzene rings is 1. The average molecular weight is 293 g/mol. The molecule has 0 radical (unpaired) electrons. The molecule has 1 N–H and O–H groups in total. The molecular formula is C16H23NO4. The summed E-state index contributed by atoms with van der Waals surface area (Å²) in [6.45, 7) is 4.79. The van der Waals surface area contributed by atoms with Gasteiger partial charge in [0.05, 0.1) is 5.92 Å². The molecule has 0 spiro atoms. The van der Waals surface area contributed by atoms with E-state index >= 15 is 0 Å². The second-order valence-corrected chi connectivity index (χ2v) is 5.20. The summed E-state index contributed by atoms with van der Waals surface area (Å²) in [6, 6.07) is 7.29. The van der Waals surface area contributed by atoms with Gasteiger partial charge in [0.1, 0.15) is 0 Å². The van der Waals surface area contributed by atoms with Crippen molar-refractivity contribution in [1.29, 1.82) is 0 Å². The quantitative estimate of drug-likeness (QED) is 0.746. The minimum absolute atomic E-state index is 0.140. The van der Waals surface area contributed by atoms with Gasteiger partial charge in [0.15, 0.2) is 0 Å². The van der Waals surface area contributed by atoms with E-state index in [-0.39, 0.29) is 12.5 Å². The minimum atomic E-state index is -0.900. The Bertz CT molecular complexity index is 470. The van der Waals surface area contributed by atoms with Crippen LogP contribution in [0.15, 0.2) is 24.3 Å². The van der Waals surface area contributed by atoms with E-state index in [9.17, 15) is 9.59 Å². The maximum absolute atomic E-state index is 12.5. The maximum Gasteiger partial charge on any atom is 0.308 e. The highest BCUT2D eigenvalue weighted by Gasteiger charge is 2.21. The third-order valence-electron chi connectivity index (χ3n) is 3.28. The van der Waals surface area contributed by atoms with E-state index in [2.05, 4.69) is 0 Å². The Morgan fingerprint density at radius 2 is 1.90 bits per heavy atom. The van der Waals surface area contributed by atoms with Crippen LogP contribution >= 0.6 is 0 Å². The van der Waals surface area contributed by atoms with Crippen molar-refractivity contribution < 1.29 is 19.4 Å². The number of carbonyl (C=O) groups is 2. The molecule has 1 rings (SSSR count). The van der Waals surface area contributed by atoms with Crippen LogP contribution in [-0.2, 0) is 9.53 Å². The van der Waals surface area contributed by atoms with Crippen LogP contribution in [0.25, 0.3) is 0 Å². The standard InChI is InChI=1S/C16H23NO4/c1-12-5-7-14(8-6-12)15(18)17(9-4-10-21-3)11-13(2)16(19)20/h5-8,13H,4,9-11H2,1-3H3,(H,19,20). The van der Waals surface area contributed by atoms with Crippen LogP contribution in [0.4, 0.5) is 0 Å². The predicted molar refractivity (Wildman–Crippen MR) is 80.4 cm³/mol. The number of hydrogen-bond acceptors (Lipinski definition) is 3. The Morgan fingerprint density at radius 3 is 2.43 bits per heavy atom. The van der Waals surface area contributed by atoms with Crippen molar-refractivity contribution in [2.24, 2.45) is 5.92 Å². The Kier molecular flexibility index (Phi) is 6.88. The molecular weight excluding hydrogens is 270 g/mol. The molecule has 0 saturated carbocycles. The number of ether oxygens (including phenoxy) is 1. The molecule has 0 fully saturated rings. The zero-order chi connectivity index (χ0) is 15.8. The van der Waals surface area contributed by atoms with Crippen molar-refractivity contribution in [3.05, 3.63) is 35.4 Å². The first-order chi connectivity index (χ1) is 9.95.